The molecule has 1 fully saturated rings. The Morgan fingerprint density at radius 3 is 2.84 bits per heavy atom. The molecule has 0 amide bonds. The molecule has 0 radical (unpaired) electrons. The molecule has 1 N–H and O–H groups in total. The van der Waals surface area contributed by atoms with Crippen molar-refractivity contribution >= 4 is 22.6 Å². The number of ether oxygens (including phenoxy) is 1. The highest BCUT2D eigenvalue weighted by molar-refractivity contribution is 14.1. The average Bonchev–Trinajstić information content (AvgIpc) is 2.70. The second-order valence-corrected chi connectivity index (χ2v) is 7.10. The number of fused-ring (bicyclic) bond motifs is 1. The minimum absolute atomic E-state index is 0.0991. The van der Waals surface area contributed by atoms with E-state index in [9.17, 15) is 0 Å². The van der Waals surface area contributed by atoms with Crippen LogP contribution in [0.1, 0.15) is 50.0 Å². The van der Waals surface area contributed by atoms with Gasteiger partial charge in [0.2, 0.25) is 0 Å². The van der Waals surface area contributed by atoms with Gasteiger partial charge in [-0.05, 0) is 86.5 Å². The molecule has 0 bridgehead atoms. The van der Waals surface area contributed by atoms with Crippen molar-refractivity contribution in [2.24, 2.45) is 0 Å². The van der Waals surface area contributed by atoms with Crippen molar-refractivity contribution < 1.29 is 4.74 Å². The molecule has 1 aliphatic heterocycles. The highest BCUT2D eigenvalue weighted by atomic mass is 127. The van der Waals surface area contributed by atoms with Gasteiger partial charge in [0.15, 0.2) is 0 Å². The van der Waals surface area contributed by atoms with Crippen LogP contribution < -0.4 is 10.1 Å². The second kappa shape index (κ2) is 5.60. The molecule has 1 aliphatic carbocycles. The first kappa shape index (κ1) is 13.7. The molecule has 1 saturated carbocycles. The Kier molecular flexibility index (Phi) is 4.03. The van der Waals surface area contributed by atoms with Gasteiger partial charge in [0.25, 0.3) is 0 Å². The van der Waals surface area contributed by atoms with Crippen LogP contribution in [0.3, 0.4) is 0 Å². The normalized spacial score (nSPS) is 24.2. The van der Waals surface area contributed by atoms with Gasteiger partial charge in [-0.1, -0.05) is 6.42 Å². The summed E-state index contributed by atoms with van der Waals surface area (Å²) in [6.07, 6.45) is 7.66. The van der Waals surface area contributed by atoms with Crippen molar-refractivity contribution in [1.29, 1.82) is 0 Å². The van der Waals surface area contributed by atoms with Gasteiger partial charge in [0, 0.05) is 15.1 Å². The molecule has 1 aromatic rings. The van der Waals surface area contributed by atoms with Crippen LogP contribution in [0.25, 0.3) is 0 Å². The van der Waals surface area contributed by atoms with Crippen LogP contribution in [0, 0.1) is 3.57 Å². The largest absolute Gasteiger partial charge is 0.486 e. The molecule has 0 saturated heterocycles. The topological polar surface area (TPSA) is 21.3 Å². The number of rotatable bonds is 3. The molecule has 3 heteroatoms. The van der Waals surface area contributed by atoms with E-state index in [1.165, 1.54) is 47.7 Å². The van der Waals surface area contributed by atoms with Gasteiger partial charge >= 0.3 is 0 Å². The smallest absolute Gasteiger partial charge is 0.123 e. The first-order valence-corrected chi connectivity index (χ1v) is 8.46. The van der Waals surface area contributed by atoms with Gasteiger partial charge in [-0.25, -0.2) is 0 Å². The first-order chi connectivity index (χ1) is 9.25. The van der Waals surface area contributed by atoms with Crippen LogP contribution in [0.2, 0.25) is 0 Å². The Morgan fingerprint density at radius 2 is 2.11 bits per heavy atom. The van der Waals surface area contributed by atoms with Gasteiger partial charge in [-0.15, -0.1) is 0 Å². The van der Waals surface area contributed by atoms with E-state index in [0.717, 1.165) is 12.3 Å². The molecule has 1 atom stereocenters. The van der Waals surface area contributed by atoms with Crippen LogP contribution in [0.4, 0.5) is 0 Å². The maximum Gasteiger partial charge on any atom is 0.123 e. The van der Waals surface area contributed by atoms with Gasteiger partial charge in [-0.3, -0.25) is 0 Å². The maximum atomic E-state index is 6.47. The Balaban J connectivity index is 1.94. The lowest BCUT2D eigenvalue weighted by Crippen LogP contribution is -2.41. The van der Waals surface area contributed by atoms with E-state index in [1.54, 1.807) is 0 Å². The summed E-state index contributed by atoms with van der Waals surface area (Å²) < 4.78 is 7.79. The summed E-state index contributed by atoms with van der Waals surface area (Å²) in [7, 11) is 2.04. The van der Waals surface area contributed by atoms with Gasteiger partial charge in [0.1, 0.15) is 11.4 Å². The third kappa shape index (κ3) is 2.51. The van der Waals surface area contributed by atoms with Crippen LogP contribution >= 0.6 is 22.6 Å². The summed E-state index contributed by atoms with van der Waals surface area (Å²) in [5.74, 6) is 1.72. The lowest BCUT2D eigenvalue weighted by Gasteiger charge is -2.38. The van der Waals surface area contributed by atoms with Crippen LogP contribution in [-0.4, -0.2) is 19.2 Å². The molecule has 1 aromatic carbocycles. The van der Waals surface area contributed by atoms with Crippen molar-refractivity contribution in [2.45, 2.75) is 50.0 Å². The lowest BCUT2D eigenvalue weighted by molar-refractivity contribution is 0.0264. The van der Waals surface area contributed by atoms with Gasteiger partial charge in [-0.2, -0.15) is 0 Å². The second-order valence-electron chi connectivity index (χ2n) is 5.85. The Morgan fingerprint density at radius 1 is 1.32 bits per heavy atom. The van der Waals surface area contributed by atoms with Gasteiger partial charge < -0.3 is 10.1 Å². The zero-order valence-corrected chi connectivity index (χ0v) is 13.7. The molecule has 2 nitrogen and oxygen atoms in total. The molecular formula is C16H22INO. The quantitative estimate of drug-likeness (QED) is 0.809. The zero-order valence-electron chi connectivity index (χ0n) is 11.5. The van der Waals surface area contributed by atoms with E-state index in [-0.39, 0.29) is 5.60 Å². The highest BCUT2D eigenvalue weighted by Crippen LogP contribution is 2.52. The van der Waals surface area contributed by atoms with E-state index in [1.807, 2.05) is 7.05 Å². The summed E-state index contributed by atoms with van der Waals surface area (Å²) in [5, 5.41) is 3.30. The third-order valence-electron chi connectivity index (χ3n) is 4.68. The van der Waals surface area contributed by atoms with Crippen LogP contribution in [-0.2, 0) is 0 Å². The fraction of sp³-hybridized carbons (Fsp3) is 0.625. The molecular weight excluding hydrogens is 349 g/mol. The van der Waals surface area contributed by atoms with E-state index in [2.05, 4.69) is 46.1 Å². The number of benzene rings is 1. The lowest BCUT2D eigenvalue weighted by atomic mass is 9.73. The minimum atomic E-state index is 0.0991. The van der Waals surface area contributed by atoms with Crippen molar-refractivity contribution in [2.75, 3.05) is 13.6 Å². The van der Waals surface area contributed by atoms with Crippen molar-refractivity contribution in [3.05, 3.63) is 27.3 Å². The van der Waals surface area contributed by atoms with E-state index in [4.69, 9.17) is 4.74 Å². The van der Waals surface area contributed by atoms with Crippen LogP contribution in [0.15, 0.2) is 18.2 Å². The minimum Gasteiger partial charge on any atom is -0.486 e. The van der Waals surface area contributed by atoms with E-state index in [0.29, 0.717) is 5.92 Å². The molecule has 1 unspecified atom stereocenters. The van der Waals surface area contributed by atoms with Crippen LogP contribution in [0.5, 0.6) is 5.75 Å². The Bertz CT molecular complexity index is 454. The van der Waals surface area contributed by atoms with E-state index >= 15 is 0 Å². The molecule has 1 spiro atoms. The predicted molar refractivity (Wildman–Crippen MR) is 86.9 cm³/mol. The summed E-state index contributed by atoms with van der Waals surface area (Å²) in [5.41, 5.74) is 1.55. The SMILES string of the molecule is CNCCC1c2cc(I)ccc2OC12CCCCC2. The molecule has 19 heavy (non-hydrogen) atoms. The molecule has 1 heterocycles. The van der Waals surface area contributed by atoms with E-state index < -0.39 is 0 Å². The van der Waals surface area contributed by atoms with Crippen molar-refractivity contribution in [3.8, 4) is 5.75 Å². The Hall–Kier alpha value is -0.290. The molecule has 3 rings (SSSR count). The number of hydrogen-bond donors (Lipinski definition) is 1. The summed E-state index contributed by atoms with van der Waals surface area (Å²) in [6.45, 7) is 1.07. The highest BCUT2D eigenvalue weighted by Gasteiger charge is 2.48. The van der Waals surface area contributed by atoms with Gasteiger partial charge in [0.05, 0.1) is 0 Å². The molecule has 0 aromatic heterocycles. The summed E-state index contributed by atoms with van der Waals surface area (Å²) in [4.78, 5) is 0. The number of nitrogens with one attached hydrogen (secondary N) is 1. The molecule has 2 aliphatic rings. The van der Waals surface area contributed by atoms with Crippen molar-refractivity contribution in [3.63, 3.8) is 0 Å². The predicted octanol–water partition coefficient (Wildman–Crippen LogP) is 4.08. The summed E-state index contributed by atoms with van der Waals surface area (Å²) >= 11 is 2.41. The standard InChI is InChI=1S/C16H22INO/c1-18-10-7-14-13-11-12(17)5-6-15(13)19-16(14)8-3-2-4-9-16/h5-6,11,14,18H,2-4,7-10H2,1H3. The zero-order chi connectivity index (χ0) is 13.3. The average molecular weight is 371 g/mol. The summed E-state index contributed by atoms with van der Waals surface area (Å²) in [6, 6.07) is 6.67. The third-order valence-corrected chi connectivity index (χ3v) is 5.35. The maximum absolute atomic E-state index is 6.47. The molecule has 104 valence electrons. The number of halogens is 1. The Labute approximate surface area is 129 Å². The fourth-order valence-electron chi connectivity index (χ4n) is 3.77. The monoisotopic (exact) mass is 371 g/mol. The first-order valence-electron chi connectivity index (χ1n) is 7.38. The fourth-order valence-corrected chi connectivity index (χ4v) is 4.28. The van der Waals surface area contributed by atoms with Crippen molar-refractivity contribution in [1.82, 2.24) is 5.32 Å². The number of hydrogen-bond acceptors (Lipinski definition) is 2.